The molecular formula is C17H23N3. The fraction of sp³-hybridized carbons (Fsp3) is 0.353. The van der Waals surface area contributed by atoms with E-state index in [1.54, 1.807) is 0 Å². The van der Waals surface area contributed by atoms with Crippen LogP contribution in [0.3, 0.4) is 0 Å². The fourth-order valence-corrected chi connectivity index (χ4v) is 2.19. The van der Waals surface area contributed by atoms with Gasteiger partial charge < -0.3 is 9.88 Å². The summed E-state index contributed by atoms with van der Waals surface area (Å²) in [5.74, 6) is 0.865. The van der Waals surface area contributed by atoms with Gasteiger partial charge >= 0.3 is 0 Å². The Bertz CT molecular complexity index is 552. The topological polar surface area (TPSA) is 29.9 Å². The molecule has 3 nitrogen and oxygen atoms in total. The van der Waals surface area contributed by atoms with E-state index in [0.717, 1.165) is 30.3 Å². The first kappa shape index (κ1) is 14.4. The zero-order chi connectivity index (χ0) is 14.4. The highest BCUT2D eigenvalue weighted by atomic mass is 15.2. The average molecular weight is 269 g/mol. The maximum Gasteiger partial charge on any atom is 0.207 e. The Morgan fingerprint density at radius 3 is 2.70 bits per heavy atom. The third-order valence-corrected chi connectivity index (χ3v) is 3.25. The number of imidazole rings is 1. The Morgan fingerprint density at radius 1 is 1.30 bits per heavy atom. The van der Waals surface area contributed by atoms with E-state index >= 15 is 0 Å². The van der Waals surface area contributed by atoms with E-state index in [4.69, 9.17) is 0 Å². The zero-order valence-electron chi connectivity index (χ0n) is 12.4. The lowest BCUT2D eigenvalue weighted by Crippen LogP contribution is -2.01. The van der Waals surface area contributed by atoms with Crippen LogP contribution in [0.5, 0.6) is 0 Å². The molecule has 1 aromatic heterocycles. The number of nitrogens with one attached hydrogen (secondary N) is 1. The normalized spacial score (nSPS) is 10.5. The molecule has 0 saturated heterocycles. The lowest BCUT2D eigenvalue weighted by Gasteiger charge is -2.08. The number of rotatable bonds is 7. The second kappa shape index (κ2) is 6.94. The van der Waals surface area contributed by atoms with Crippen LogP contribution in [-0.2, 0) is 13.0 Å². The molecule has 0 saturated carbocycles. The predicted molar refractivity (Wildman–Crippen MR) is 85.5 cm³/mol. The molecular weight excluding hydrogens is 246 g/mol. The van der Waals surface area contributed by atoms with Crippen LogP contribution in [-0.4, -0.2) is 9.55 Å². The van der Waals surface area contributed by atoms with E-state index in [9.17, 15) is 0 Å². The maximum atomic E-state index is 4.50. The van der Waals surface area contributed by atoms with Gasteiger partial charge in [-0.05, 0) is 37.5 Å². The maximum absolute atomic E-state index is 4.50. The van der Waals surface area contributed by atoms with Crippen LogP contribution in [0.4, 0.5) is 11.6 Å². The quantitative estimate of drug-likeness (QED) is 0.752. The van der Waals surface area contributed by atoms with Crippen LogP contribution in [0.25, 0.3) is 0 Å². The van der Waals surface area contributed by atoms with Gasteiger partial charge in [0.25, 0.3) is 0 Å². The van der Waals surface area contributed by atoms with Crippen molar-refractivity contribution in [2.24, 2.45) is 0 Å². The number of nitrogens with zero attached hydrogens (tertiary/aromatic N) is 2. The summed E-state index contributed by atoms with van der Waals surface area (Å²) in [7, 11) is 0. The third-order valence-electron chi connectivity index (χ3n) is 3.25. The van der Waals surface area contributed by atoms with Crippen LogP contribution in [0.2, 0.25) is 0 Å². The Kier molecular flexibility index (Phi) is 4.99. The molecule has 0 atom stereocenters. The highest BCUT2D eigenvalue weighted by Gasteiger charge is 2.04. The molecule has 0 radical (unpaired) electrons. The summed E-state index contributed by atoms with van der Waals surface area (Å²) in [6.07, 6.45) is 7.54. The number of allylic oxidation sites excluding steroid dienone is 1. The SMILES string of the molecule is C=CCn1cc(C)nc1Nc1ccc(CCCC)cc1. The van der Waals surface area contributed by atoms with Crippen molar-refractivity contribution in [3.05, 3.63) is 54.4 Å². The van der Waals surface area contributed by atoms with E-state index < -0.39 is 0 Å². The van der Waals surface area contributed by atoms with Crippen molar-refractivity contribution in [1.29, 1.82) is 0 Å². The second-order valence-electron chi connectivity index (χ2n) is 5.07. The first-order valence-corrected chi connectivity index (χ1v) is 7.23. The number of benzene rings is 1. The van der Waals surface area contributed by atoms with Crippen molar-refractivity contribution in [1.82, 2.24) is 9.55 Å². The van der Waals surface area contributed by atoms with Crippen LogP contribution in [0.1, 0.15) is 31.0 Å². The van der Waals surface area contributed by atoms with Crippen molar-refractivity contribution in [3.8, 4) is 0 Å². The van der Waals surface area contributed by atoms with Crippen LogP contribution >= 0.6 is 0 Å². The highest BCUT2D eigenvalue weighted by Crippen LogP contribution is 2.18. The summed E-state index contributed by atoms with van der Waals surface area (Å²) in [6.45, 7) is 8.76. The third kappa shape index (κ3) is 3.73. The second-order valence-corrected chi connectivity index (χ2v) is 5.07. The molecule has 0 amide bonds. The van der Waals surface area contributed by atoms with Gasteiger partial charge in [0.15, 0.2) is 0 Å². The van der Waals surface area contributed by atoms with Gasteiger partial charge in [-0.15, -0.1) is 6.58 Å². The summed E-state index contributed by atoms with van der Waals surface area (Å²) in [4.78, 5) is 4.50. The fourth-order valence-electron chi connectivity index (χ4n) is 2.19. The summed E-state index contributed by atoms with van der Waals surface area (Å²) in [5, 5.41) is 3.37. The molecule has 0 aliphatic carbocycles. The summed E-state index contributed by atoms with van der Waals surface area (Å²) in [6, 6.07) is 8.61. The standard InChI is InChI=1S/C17H23N3/c1-4-6-7-15-8-10-16(11-9-15)19-17-18-14(3)13-20(17)12-5-2/h5,8-11,13H,2,4,6-7,12H2,1,3H3,(H,18,19). The minimum atomic E-state index is 0.762. The van der Waals surface area contributed by atoms with Gasteiger partial charge in [-0.3, -0.25) is 0 Å². The Morgan fingerprint density at radius 2 is 2.05 bits per heavy atom. The van der Waals surface area contributed by atoms with Gasteiger partial charge in [0.2, 0.25) is 5.95 Å². The summed E-state index contributed by atoms with van der Waals surface area (Å²) >= 11 is 0. The lowest BCUT2D eigenvalue weighted by molar-refractivity contribution is 0.795. The van der Waals surface area contributed by atoms with Gasteiger partial charge in [0.05, 0.1) is 5.69 Å². The van der Waals surface area contributed by atoms with Crippen LogP contribution in [0, 0.1) is 6.92 Å². The van der Waals surface area contributed by atoms with Crippen molar-refractivity contribution in [2.45, 2.75) is 39.7 Å². The minimum Gasteiger partial charge on any atom is -0.326 e. The van der Waals surface area contributed by atoms with E-state index in [0.29, 0.717) is 0 Å². The molecule has 0 spiro atoms. The van der Waals surface area contributed by atoms with Gasteiger partial charge in [-0.25, -0.2) is 4.98 Å². The smallest absolute Gasteiger partial charge is 0.207 e. The molecule has 106 valence electrons. The van der Waals surface area contributed by atoms with E-state index in [1.165, 1.54) is 18.4 Å². The van der Waals surface area contributed by atoms with Crippen molar-refractivity contribution < 1.29 is 0 Å². The summed E-state index contributed by atoms with van der Waals surface area (Å²) in [5.41, 5.74) is 3.47. The number of hydrogen-bond acceptors (Lipinski definition) is 2. The number of hydrogen-bond donors (Lipinski definition) is 1. The first-order chi connectivity index (χ1) is 9.72. The molecule has 0 fully saturated rings. The molecule has 2 rings (SSSR count). The Hall–Kier alpha value is -2.03. The van der Waals surface area contributed by atoms with Gasteiger partial charge in [0, 0.05) is 18.4 Å². The number of anilines is 2. The molecule has 0 unspecified atom stereocenters. The van der Waals surface area contributed by atoms with E-state index in [-0.39, 0.29) is 0 Å². The molecule has 0 aliphatic rings. The van der Waals surface area contributed by atoms with Gasteiger partial charge in [-0.2, -0.15) is 0 Å². The molecule has 0 aliphatic heterocycles. The molecule has 1 aromatic carbocycles. The van der Waals surface area contributed by atoms with Crippen molar-refractivity contribution in [2.75, 3.05) is 5.32 Å². The summed E-state index contributed by atoms with van der Waals surface area (Å²) < 4.78 is 2.06. The van der Waals surface area contributed by atoms with Crippen molar-refractivity contribution >= 4 is 11.6 Å². The number of unbranched alkanes of at least 4 members (excludes halogenated alkanes) is 1. The highest BCUT2D eigenvalue weighted by molar-refractivity contribution is 5.54. The largest absolute Gasteiger partial charge is 0.326 e. The molecule has 2 aromatic rings. The van der Waals surface area contributed by atoms with Crippen LogP contribution < -0.4 is 5.32 Å². The molecule has 1 heterocycles. The average Bonchev–Trinajstić information content (AvgIpc) is 2.78. The molecule has 20 heavy (non-hydrogen) atoms. The number of aryl methyl sites for hydroxylation is 2. The monoisotopic (exact) mass is 269 g/mol. The Labute approximate surface area is 121 Å². The molecule has 0 bridgehead atoms. The zero-order valence-corrected chi connectivity index (χ0v) is 12.4. The molecule has 1 N–H and O–H groups in total. The van der Waals surface area contributed by atoms with Crippen molar-refractivity contribution in [3.63, 3.8) is 0 Å². The van der Waals surface area contributed by atoms with Gasteiger partial charge in [0.1, 0.15) is 0 Å². The lowest BCUT2D eigenvalue weighted by atomic mass is 10.1. The first-order valence-electron chi connectivity index (χ1n) is 7.23. The number of aromatic nitrogens is 2. The van der Waals surface area contributed by atoms with Crippen LogP contribution in [0.15, 0.2) is 43.1 Å². The minimum absolute atomic E-state index is 0.762. The van der Waals surface area contributed by atoms with Gasteiger partial charge in [-0.1, -0.05) is 31.6 Å². The van der Waals surface area contributed by atoms with E-state index in [2.05, 4.69) is 52.6 Å². The van der Waals surface area contributed by atoms with E-state index in [1.807, 2.05) is 19.2 Å². The molecule has 3 heteroatoms. The predicted octanol–water partition coefficient (Wildman–Crippen LogP) is 4.46. The Balaban J connectivity index is 2.07.